The van der Waals surface area contributed by atoms with Crippen molar-refractivity contribution in [3.8, 4) is 0 Å². The lowest BCUT2D eigenvalue weighted by atomic mass is 9.79. The summed E-state index contributed by atoms with van der Waals surface area (Å²) in [5.41, 5.74) is 0.625. The minimum Gasteiger partial charge on any atom is -0.399 e. The normalized spacial score (nSPS) is 23.1. The van der Waals surface area contributed by atoms with Gasteiger partial charge < -0.3 is 14.2 Å². The fourth-order valence-electron chi connectivity index (χ4n) is 3.24. The standard InChI is InChI=1S/C19H32BN3O4S/c1-18(2)19(3,4)27-20(26-18)16-6-8-17(9-7-16)21-28(24,25)15-14-23-12-10-22(5)11-13-23/h6-9,21H,10-15H2,1-5H3. The van der Waals surface area contributed by atoms with Gasteiger partial charge in [0.15, 0.2) is 0 Å². The fraction of sp³-hybridized carbons (Fsp3) is 0.684. The Morgan fingerprint density at radius 1 is 1.00 bits per heavy atom. The number of hydrogen-bond acceptors (Lipinski definition) is 6. The molecule has 0 bridgehead atoms. The second kappa shape index (κ2) is 7.95. The van der Waals surface area contributed by atoms with E-state index in [9.17, 15) is 8.42 Å². The molecule has 1 aromatic rings. The van der Waals surface area contributed by atoms with Crippen molar-refractivity contribution in [1.82, 2.24) is 9.80 Å². The van der Waals surface area contributed by atoms with Crippen molar-refractivity contribution in [1.29, 1.82) is 0 Å². The van der Waals surface area contributed by atoms with Gasteiger partial charge in [0.1, 0.15) is 0 Å². The zero-order valence-corrected chi connectivity index (χ0v) is 18.4. The third kappa shape index (κ3) is 5.07. The number of benzene rings is 1. The van der Waals surface area contributed by atoms with Gasteiger partial charge in [0.05, 0.1) is 17.0 Å². The molecule has 2 aliphatic rings. The highest BCUT2D eigenvalue weighted by Crippen LogP contribution is 2.36. The number of nitrogens with one attached hydrogen (secondary N) is 1. The Kier molecular flexibility index (Phi) is 6.13. The van der Waals surface area contributed by atoms with Crippen LogP contribution in [-0.2, 0) is 19.3 Å². The van der Waals surface area contributed by atoms with Crippen LogP contribution >= 0.6 is 0 Å². The molecular weight excluding hydrogens is 377 g/mol. The summed E-state index contributed by atoms with van der Waals surface area (Å²) in [5.74, 6) is 0.0929. The van der Waals surface area contributed by atoms with Gasteiger partial charge in [-0.05, 0) is 52.3 Å². The molecule has 0 unspecified atom stereocenters. The average Bonchev–Trinajstić information content (AvgIpc) is 2.82. The van der Waals surface area contributed by atoms with Gasteiger partial charge in [-0.2, -0.15) is 0 Å². The van der Waals surface area contributed by atoms with E-state index in [1.165, 1.54) is 0 Å². The summed E-state index contributed by atoms with van der Waals surface area (Å²) in [7, 11) is -1.75. The minimum atomic E-state index is -3.38. The van der Waals surface area contributed by atoms with E-state index in [0.717, 1.165) is 31.6 Å². The van der Waals surface area contributed by atoms with Crippen LogP contribution in [0.4, 0.5) is 5.69 Å². The van der Waals surface area contributed by atoms with Crippen LogP contribution < -0.4 is 10.2 Å². The monoisotopic (exact) mass is 409 g/mol. The summed E-state index contributed by atoms with van der Waals surface area (Å²) in [5, 5.41) is 0. The first kappa shape index (κ1) is 21.6. The summed E-state index contributed by atoms with van der Waals surface area (Å²) in [6.07, 6.45) is 0. The zero-order valence-electron chi connectivity index (χ0n) is 17.6. The molecule has 7 nitrogen and oxygen atoms in total. The number of rotatable bonds is 6. The first-order valence-electron chi connectivity index (χ1n) is 9.84. The molecule has 1 aromatic carbocycles. The lowest BCUT2D eigenvalue weighted by molar-refractivity contribution is 0.00578. The summed E-state index contributed by atoms with van der Waals surface area (Å²) < 4.78 is 39.6. The van der Waals surface area contributed by atoms with Crippen molar-refractivity contribution in [2.75, 3.05) is 50.2 Å². The van der Waals surface area contributed by atoms with Gasteiger partial charge in [0, 0.05) is 38.4 Å². The second-order valence-electron chi connectivity index (χ2n) is 8.78. The molecular formula is C19H32BN3O4S. The Hall–Kier alpha value is -1.13. The molecule has 2 aliphatic heterocycles. The Morgan fingerprint density at radius 3 is 2.07 bits per heavy atom. The maximum atomic E-state index is 12.4. The maximum absolute atomic E-state index is 12.4. The molecule has 1 N–H and O–H groups in total. The van der Waals surface area contributed by atoms with Gasteiger partial charge in [-0.15, -0.1) is 0 Å². The SMILES string of the molecule is CN1CCN(CCS(=O)(=O)Nc2ccc(B3OC(C)(C)C(C)(C)O3)cc2)CC1. The second-order valence-corrected chi connectivity index (χ2v) is 10.6. The molecule has 0 atom stereocenters. The Morgan fingerprint density at radius 2 is 1.54 bits per heavy atom. The molecule has 3 rings (SSSR count). The van der Waals surface area contributed by atoms with E-state index in [0.29, 0.717) is 12.2 Å². The molecule has 0 aliphatic carbocycles. The molecule has 2 fully saturated rings. The van der Waals surface area contributed by atoms with Gasteiger partial charge in [-0.1, -0.05) is 12.1 Å². The summed E-state index contributed by atoms with van der Waals surface area (Å²) in [6.45, 7) is 12.4. The van der Waals surface area contributed by atoms with Crippen molar-refractivity contribution in [2.45, 2.75) is 38.9 Å². The van der Waals surface area contributed by atoms with E-state index in [2.05, 4.69) is 21.6 Å². The Balaban J connectivity index is 1.55. The molecule has 0 radical (unpaired) electrons. The third-order valence-electron chi connectivity index (χ3n) is 5.98. The molecule has 0 spiro atoms. The van der Waals surface area contributed by atoms with Crippen LogP contribution in [0, 0.1) is 0 Å². The largest absolute Gasteiger partial charge is 0.494 e. The molecule has 2 heterocycles. The molecule has 9 heteroatoms. The first-order chi connectivity index (χ1) is 13.0. The highest BCUT2D eigenvalue weighted by Gasteiger charge is 2.51. The van der Waals surface area contributed by atoms with E-state index < -0.39 is 28.3 Å². The highest BCUT2D eigenvalue weighted by atomic mass is 32.2. The van der Waals surface area contributed by atoms with Gasteiger partial charge in [0.25, 0.3) is 0 Å². The fourth-order valence-corrected chi connectivity index (χ4v) is 4.33. The van der Waals surface area contributed by atoms with Crippen molar-refractivity contribution in [2.24, 2.45) is 0 Å². The van der Waals surface area contributed by atoms with E-state index in [1.54, 1.807) is 12.1 Å². The molecule has 0 saturated carbocycles. The van der Waals surface area contributed by atoms with E-state index in [-0.39, 0.29) is 5.75 Å². The smallest absolute Gasteiger partial charge is 0.399 e. The van der Waals surface area contributed by atoms with Gasteiger partial charge in [-0.25, -0.2) is 8.42 Å². The van der Waals surface area contributed by atoms with Gasteiger partial charge in [0.2, 0.25) is 10.0 Å². The van der Waals surface area contributed by atoms with E-state index in [4.69, 9.17) is 9.31 Å². The van der Waals surface area contributed by atoms with Crippen LogP contribution in [0.25, 0.3) is 0 Å². The first-order valence-corrected chi connectivity index (χ1v) is 11.5. The quantitative estimate of drug-likeness (QED) is 0.707. The summed E-state index contributed by atoms with van der Waals surface area (Å²) in [4.78, 5) is 4.45. The van der Waals surface area contributed by atoms with Crippen LogP contribution in [0.5, 0.6) is 0 Å². The number of piperazine rings is 1. The van der Waals surface area contributed by atoms with E-state index in [1.807, 2.05) is 39.8 Å². The average molecular weight is 409 g/mol. The Bertz CT molecular complexity index is 759. The molecule has 28 heavy (non-hydrogen) atoms. The summed E-state index contributed by atoms with van der Waals surface area (Å²) >= 11 is 0. The van der Waals surface area contributed by atoms with Crippen molar-refractivity contribution >= 4 is 28.3 Å². The molecule has 2 saturated heterocycles. The highest BCUT2D eigenvalue weighted by molar-refractivity contribution is 7.92. The zero-order chi connectivity index (χ0) is 20.6. The predicted molar refractivity (Wildman–Crippen MR) is 114 cm³/mol. The van der Waals surface area contributed by atoms with Crippen molar-refractivity contribution < 1.29 is 17.7 Å². The van der Waals surface area contributed by atoms with E-state index >= 15 is 0 Å². The summed E-state index contributed by atoms with van der Waals surface area (Å²) in [6, 6.07) is 7.21. The van der Waals surface area contributed by atoms with Crippen LogP contribution in [0.1, 0.15) is 27.7 Å². The molecule has 156 valence electrons. The Labute approximate surface area is 169 Å². The van der Waals surface area contributed by atoms with Crippen LogP contribution in [0.2, 0.25) is 0 Å². The third-order valence-corrected chi connectivity index (χ3v) is 7.25. The number of nitrogens with zero attached hydrogens (tertiary/aromatic N) is 2. The molecule has 0 amide bonds. The number of sulfonamides is 1. The minimum absolute atomic E-state index is 0.0929. The predicted octanol–water partition coefficient (Wildman–Crippen LogP) is 0.975. The number of hydrogen-bond donors (Lipinski definition) is 1. The number of anilines is 1. The van der Waals surface area contributed by atoms with Crippen molar-refractivity contribution in [3.63, 3.8) is 0 Å². The number of likely N-dealkylation sites (N-methyl/N-ethyl adjacent to an activating group) is 1. The van der Waals surface area contributed by atoms with Crippen molar-refractivity contribution in [3.05, 3.63) is 24.3 Å². The lowest BCUT2D eigenvalue weighted by Crippen LogP contribution is -2.46. The van der Waals surface area contributed by atoms with Crippen LogP contribution in [-0.4, -0.2) is 82.1 Å². The molecule has 0 aromatic heterocycles. The van der Waals surface area contributed by atoms with Gasteiger partial charge >= 0.3 is 7.12 Å². The van der Waals surface area contributed by atoms with Crippen LogP contribution in [0.15, 0.2) is 24.3 Å². The lowest BCUT2D eigenvalue weighted by Gasteiger charge is -2.32. The topological polar surface area (TPSA) is 71.1 Å². The maximum Gasteiger partial charge on any atom is 0.494 e. The van der Waals surface area contributed by atoms with Gasteiger partial charge in [-0.3, -0.25) is 9.62 Å². The van der Waals surface area contributed by atoms with Crippen LogP contribution in [0.3, 0.4) is 0 Å².